The Morgan fingerprint density at radius 3 is 2.67 bits per heavy atom. The van der Waals surface area contributed by atoms with Crippen LogP contribution in [-0.2, 0) is 16.9 Å². The van der Waals surface area contributed by atoms with E-state index in [0.717, 1.165) is 24.0 Å². The van der Waals surface area contributed by atoms with E-state index in [4.69, 9.17) is 9.47 Å². The molecule has 0 radical (unpaired) electrons. The number of fused-ring (bicyclic) bond motifs is 4. The molecule has 8 nitrogen and oxygen atoms in total. The molecule has 1 spiro atoms. The second-order valence-electron chi connectivity index (χ2n) is 10.5. The molecule has 0 aromatic heterocycles. The Balaban J connectivity index is 1.43. The second kappa shape index (κ2) is 9.95. The molecular formula is C30H30BrN3O5. The summed E-state index contributed by atoms with van der Waals surface area (Å²) >= 11 is 3.67. The maximum absolute atomic E-state index is 13.7. The van der Waals surface area contributed by atoms with Gasteiger partial charge in [-0.1, -0.05) is 48.0 Å². The van der Waals surface area contributed by atoms with Gasteiger partial charge < -0.3 is 14.8 Å². The van der Waals surface area contributed by atoms with E-state index in [0.29, 0.717) is 47.0 Å². The Morgan fingerprint density at radius 1 is 1.15 bits per heavy atom. The normalized spacial score (nSPS) is 25.4. The fourth-order valence-corrected chi connectivity index (χ4v) is 7.37. The number of amides is 1. The fraction of sp³-hybridized carbons (Fsp3) is 0.367. The number of halogens is 1. The number of nitrogens with one attached hydrogen (secondary N) is 1. The van der Waals surface area contributed by atoms with Crippen molar-refractivity contribution < 1.29 is 19.2 Å². The maximum atomic E-state index is 13.7. The molecule has 2 saturated heterocycles. The predicted octanol–water partition coefficient (Wildman–Crippen LogP) is 5.79. The summed E-state index contributed by atoms with van der Waals surface area (Å²) in [5, 5.41) is 15.9. The van der Waals surface area contributed by atoms with Gasteiger partial charge in [-0.15, -0.1) is 0 Å². The highest BCUT2D eigenvalue weighted by Crippen LogP contribution is 2.58. The summed E-state index contributed by atoms with van der Waals surface area (Å²) in [6, 6.07) is 18.0. The SMILES string of the molecule is CCOc1cc([C@@H]2[C@@H]3CCCN3[C@]3(C(=O)Nc4ccccc43)[C@@H]2[N+](=O)[O-])cc(Br)c1OCc1ccc(C)cc1. The summed E-state index contributed by atoms with van der Waals surface area (Å²) < 4.78 is 12.9. The number of anilines is 1. The second-order valence-corrected chi connectivity index (χ2v) is 11.3. The van der Waals surface area contributed by atoms with Gasteiger partial charge in [-0.25, -0.2) is 0 Å². The van der Waals surface area contributed by atoms with E-state index in [9.17, 15) is 14.9 Å². The zero-order valence-corrected chi connectivity index (χ0v) is 23.4. The van der Waals surface area contributed by atoms with E-state index >= 15 is 0 Å². The standard InChI is InChI=1S/C30H30BrN3O5/c1-3-38-25-16-20(15-22(31)27(25)39-17-19-12-10-18(2)11-13-19)26-24-9-6-14-33(24)30(28(26)34(36)37)21-7-4-5-8-23(21)32-29(30)35/h4-5,7-8,10-13,15-16,24,26,28H,3,6,9,14,17H2,1-2H3,(H,32,35)/t24-,26+,28+,30-/m0/s1. The van der Waals surface area contributed by atoms with Crippen LogP contribution in [0.1, 0.15) is 47.9 Å². The third kappa shape index (κ3) is 4.02. The Kier molecular flexibility index (Phi) is 6.59. The number of aryl methyl sites for hydroxylation is 1. The van der Waals surface area contributed by atoms with Crippen molar-refractivity contribution in [2.75, 3.05) is 18.5 Å². The van der Waals surface area contributed by atoms with Gasteiger partial charge in [-0.2, -0.15) is 0 Å². The molecule has 6 rings (SSSR count). The summed E-state index contributed by atoms with van der Waals surface area (Å²) in [7, 11) is 0. The first kappa shape index (κ1) is 25.8. The topological polar surface area (TPSA) is 93.9 Å². The molecule has 1 amide bonds. The van der Waals surface area contributed by atoms with E-state index in [1.807, 2.05) is 74.5 Å². The zero-order chi connectivity index (χ0) is 27.3. The van der Waals surface area contributed by atoms with Crippen molar-refractivity contribution in [1.82, 2.24) is 4.90 Å². The molecule has 0 unspecified atom stereocenters. The first-order chi connectivity index (χ1) is 18.9. The number of carbonyl (C=O) groups excluding carboxylic acids is 1. The summed E-state index contributed by atoms with van der Waals surface area (Å²) in [5.41, 5.74) is 2.95. The van der Waals surface area contributed by atoms with Crippen LogP contribution in [-0.4, -0.2) is 41.0 Å². The van der Waals surface area contributed by atoms with Crippen LogP contribution < -0.4 is 14.8 Å². The van der Waals surface area contributed by atoms with Crippen LogP contribution in [0.2, 0.25) is 0 Å². The molecule has 3 aromatic carbocycles. The average Bonchev–Trinajstić information content (AvgIpc) is 3.57. The summed E-state index contributed by atoms with van der Waals surface area (Å²) in [6.07, 6.45) is 1.65. The quantitative estimate of drug-likeness (QED) is 0.276. The number of nitrogens with zero attached hydrogens (tertiary/aromatic N) is 2. The fourth-order valence-electron chi connectivity index (χ4n) is 6.80. The molecule has 0 bridgehead atoms. The molecule has 202 valence electrons. The first-order valence-electron chi connectivity index (χ1n) is 13.3. The minimum absolute atomic E-state index is 0.155. The lowest BCUT2D eigenvalue weighted by atomic mass is 9.77. The molecule has 3 aromatic rings. The number of hydrogen-bond acceptors (Lipinski definition) is 6. The number of nitro groups is 1. The lowest BCUT2D eigenvalue weighted by Crippen LogP contribution is -2.55. The summed E-state index contributed by atoms with van der Waals surface area (Å²) in [4.78, 5) is 28.5. The number of hydrogen-bond donors (Lipinski definition) is 1. The van der Waals surface area contributed by atoms with Gasteiger partial charge >= 0.3 is 0 Å². The van der Waals surface area contributed by atoms with E-state index in [2.05, 4.69) is 26.1 Å². The predicted molar refractivity (Wildman–Crippen MR) is 151 cm³/mol. The third-order valence-corrected chi connectivity index (χ3v) is 8.90. The molecule has 1 N–H and O–H groups in total. The van der Waals surface area contributed by atoms with Crippen molar-refractivity contribution in [3.63, 3.8) is 0 Å². The zero-order valence-electron chi connectivity index (χ0n) is 21.9. The summed E-state index contributed by atoms with van der Waals surface area (Å²) in [6.45, 7) is 5.33. The van der Waals surface area contributed by atoms with Crippen molar-refractivity contribution in [2.45, 2.75) is 56.8 Å². The number of rotatable bonds is 7. The minimum atomic E-state index is -1.36. The molecule has 39 heavy (non-hydrogen) atoms. The maximum Gasteiger partial charge on any atom is 0.256 e. The van der Waals surface area contributed by atoms with Gasteiger partial charge in [0.05, 0.1) is 17.0 Å². The van der Waals surface area contributed by atoms with Crippen LogP contribution in [0.25, 0.3) is 0 Å². The van der Waals surface area contributed by atoms with Crippen LogP contribution in [0.3, 0.4) is 0 Å². The van der Waals surface area contributed by atoms with Gasteiger partial charge in [0.15, 0.2) is 17.0 Å². The Hall–Kier alpha value is -3.43. The van der Waals surface area contributed by atoms with Crippen LogP contribution in [0, 0.1) is 17.0 Å². The monoisotopic (exact) mass is 591 g/mol. The molecule has 4 atom stereocenters. The van der Waals surface area contributed by atoms with Gasteiger partial charge in [0, 0.05) is 28.8 Å². The highest BCUT2D eigenvalue weighted by atomic mass is 79.9. The van der Waals surface area contributed by atoms with Crippen molar-refractivity contribution in [3.05, 3.63) is 97.5 Å². The van der Waals surface area contributed by atoms with Crippen LogP contribution >= 0.6 is 15.9 Å². The van der Waals surface area contributed by atoms with Crippen LogP contribution in [0.15, 0.2) is 65.1 Å². The smallest absolute Gasteiger partial charge is 0.256 e. The molecule has 9 heteroatoms. The van der Waals surface area contributed by atoms with Gasteiger partial charge in [0.2, 0.25) is 0 Å². The number of para-hydroxylation sites is 1. The van der Waals surface area contributed by atoms with Crippen molar-refractivity contribution in [1.29, 1.82) is 0 Å². The molecule has 0 saturated carbocycles. The molecule has 2 fully saturated rings. The van der Waals surface area contributed by atoms with Gasteiger partial charge in [0.25, 0.3) is 11.9 Å². The minimum Gasteiger partial charge on any atom is -0.490 e. The van der Waals surface area contributed by atoms with E-state index in [-0.39, 0.29) is 16.9 Å². The Labute approximate surface area is 235 Å². The van der Waals surface area contributed by atoms with E-state index < -0.39 is 17.5 Å². The first-order valence-corrected chi connectivity index (χ1v) is 14.1. The van der Waals surface area contributed by atoms with E-state index in [1.54, 1.807) is 0 Å². The third-order valence-electron chi connectivity index (χ3n) is 8.31. The van der Waals surface area contributed by atoms with Gasteiger partial charge in [0.1, 0.15) is 6.61 Å². The molecule has 3 heterocycles. The lowest BCUT2D eigenvalue weighted by molar-refractivity contribution is -0.534. The Morgan fingerprint density at radius 2 is 1.92 bits per heavy atom. The van der Waals surface area contributed by atoms with E-state index in [1.165, 1.54) is 5.56 Å². The number of ether oxygens (including phenoxy) is 2. The van der Waals surface area contributed by atoms with Crippen LogP contribution in [0.4, 0.5) is 5.69 Å². The molecule has 3 aliphatic rings. The van der Waals surface area contributed by atoms with Crippen molar-refractivity contribution in [2.24, 2.45) is 0 Å². The van der Waals surface area contributed by atoms with Gasteiger partial charge in [-0.3, -0.25) is 19.8 Å². The molecule has 3 aliphatic heterocycles. The highest BCUT2D eigenvalue weighted by Gasteiger charge is 2.73. The number of carbonyl (C=O) groups is 1. The molecular weight excluding hydrogens is 562 g/mol. The molecule has 0 aliphatic carbocycles. The van der Waals surface area contributed by atoms with Crippen molar-refractivity contribution >= 4 is 27.5 Å². The lowest BCUT2D eigenvalue weighted by Gasteiger charge is -2.32. The van der Waals surface area contributed by atoms with Crippen LogP contribution in [0.5, 0.6) is 11.5 Å². The largest absolute Gasteiger partial charge is 0.490 e. The highest BCUT2D eigenvalue weighted by molar-refractivity contribution is 9.10. The average molecular weight is 592 g/mol. The number of benzene rings is 3. The summed E-state index contributed by atoms with van der Waals surface area (Å²) in [5.74, 6) is 0.250. The van der Waals surface area contributed by atoms with Crippen molar-refractivity contribution in [3.8, 4) is 11.5 Å². The van der Waals surface area contributed by atoms with Gasteiger partial charge in [-0.05, 0) is 71.9 Å². The Bertz CT molecular complexity index is 1450.